The predicted molar refractivity (Wildman–Crippen MR) is 77.7 cm³/mol. The van der Waals surface area contributed by atoms with Gasteiger partial charge in [0.05, 0.1) is 0 Å². The van der Waals surface area contributed by atoms with Crippen LogP contribution in [0.4, 0.5) is 0 Å². The summed E-state index contributed by atoms with van der Waals surface area (Å²) < 4.78 is 0. The van der Waals surface area contributed by atoms with Crippen molar-refractivity contribution in [2.24, 2.45) is 5.92 Å². The molecule has 1 aliphatic rings. The first-order valence-electron chi connectivity index (χ1n) is 7.19. The van der Waals surface area contributed by atoms with Crippen LogP contribution in [0.2, 0.25) is 0 Å². The summed E-state index contributed by atoms with van der Waals surface area (Å²) in [7, 11) is 0. The molecule has 3 atom stereocenters. The van der Waals surface area contributed by atoms with Crippen LogP contribution in [-0.2, 0) is 0 Å². The van der Waals surface area contributed by atoms with E-state index < -0.39 is 0 Å². The molecule has 0 spiro atoms. The highest BCUT2D eigenvalue weighted by Gasteiger charge is 2.21. The van der Waals surface area contributed by atoms with Gasteiger partial charge in [0.25, 0.3) is 0 Å². The number of hydrogen-bond donors (Lipinski definition) is 1. The molecule has 3 unspecified atom stereocenters. The Morgan fingerprint density at radius 1 is 1.22 bits per heavy atom. The van der Waals surface area contributed by atoms with Crippen molar-refractivity contribution in [3.05, 3.63) is 35.9 Å². The summed E-state index contributed by atoms with van der Waals surface area (Å²) in [6, 6.07) is 12.0. The van der Waals surface area contributed by atoms with E-state index in [9.17, 15) is 0 Å². The molecule has 1 aromatic rings. The number of nitrogens with one attached hydrogen (secondary N) is 1. The second-order valence-corrected chi connectivity index (χ2v) is 5.78. The Morgan fingerprint density at radius 3 is 2.67 bits per heavy atom. The first-order valence-corrected chi connectivity index (χ1v) is 7.19. The van der Waals surface area contributed by atoms with Crippen molar-refractivity contribution < 1.29 is 0 Å². The average Bonchev–Trinajstić information content (AvgIpc) is 2.39. The molecule has 2 nitrogen and oxygen atoms in total. The van der Waals surface area contributed by atoms with E-state index in [-0.39, 0.29) is 0 Å². The SMILES string of the molecule is CC1CNC(C)CCN(C(C)c2ccccc2)C1. The average molecular weight is 246 g/mol. The van der Waals surface area contributed by atoms with E-state index in [0.29, 0.717) is 12.1 Å². The van der Waals surface area contributed by atoms with E-state index in [2.05, 4.69) is 61.3 Å². The van der Waals surface area contributed by atoms with Crippen molar-refractivity contribution in [3.8, 4) is 0 Å². The molecule has 0 aromatic heterocycles. The quantitative estimate of drug-likeness (QED) is 0.863. The largest absolute Gasteiger partial charge is 0.314 e. The van der Waals surface area contributed by atoms with E-state index in [4.69, 9.17) is 0 Å². The highest BCUT2D eigenvalue weighted by atomic mass is 15.2. The summed E-state index contributed by atoms with van der Waals surface area (Å²) >= 11 is 0. The number of hydrogen-bond acceptors (Lipinski definition) is 2. The molecule has 1 N–H and O–H groups in total. The molecule has 0 radical (unpaired) electrons. The minimum atomic E-state index is 0.527. The van der Waals surface area contributed by atoms with Crippen molar-refractivity contribution in [3.63, 3.8) is 0 Å². The van der Waals surface area contributed by atoms with Gasteiger partial charge in [0.15, 0.2) is 0 Å². The van der Waals surface area contributed by atoms with Gasteiger partial charge < -0.3 is 5.32 Å². The fraction of sp³-hybridized carbons (Fsp3) is 0.625. The topological polar surface area (TPSA) is 15.3 Å². The molecule has 1 fully saturated rings. The van der Waals surface area contributed by atoms with Crippen LogP contribution in [0.3, 0.4) is 0 Å². The van der Waals surface area contributed by atoms with Gasteiger partial charge in [-0.25, -0.2) is 0 Å². The van der Waals surface area contributed by atoms with Crippen LogP contribution in [-0.4, -0.2) is 30.6 Å². The van der Waals surface area contributed by atoms with Gasteiger partial charge in [-0.3, -0.25) is 4.90 Å². The minimum Gasteiger partial charge on any atom is -0.314 e. The van der Waals surface area contributed by atoms with Crippen LogP contribution < -0.4 is 5.32 Å². The van der Waals surface area contributed by atoms with Gasteiger partial charge in [0.2, 0.25) is 0 Å². The second-order valence-electron chi connectivity index (χ2n) is 5.78. The lowest BCUT2D eigenvalue weighted by atomic mass is 10.0. The Bertz CT molecular complexity index is 349. The van der Waals surface area contributed by atoms with Crippen LogP contribution in [0.1, 0.15) is 38.8 Å². The molecule has 18 heavy (non-hydrogen) atoms. The molecular weight excluding hydrogens is 220 g/mol. The lowest BCUT2D eigenvalue weighted by Gasteiger charge is -2.35. The highest BCUT2D eigenvalue weighted by molar-refractivity contribution is 5.18. The number of nitrogens with zero attached hydrogens (tertiary/aromatic N) is 1. The zero-order valence-electron chi connectivity index (χ0n) is 11.9. The number of benzene rings is 1. The molecule has 0 amide bonds. The third-order valence-corrected chi connectivity index (χ3v) is 4.04. The minimum absolute atomic E-state index is 0.527. The Labute approximate surface area is 111 Å². The van der Waals surface area contributed by atoms with Gasteiger partial charge in [-0.05, 0) is 38.3 Å². The fourth-order valence-corrected chi connectivity index (χ4v) is 2.71. The van der Waals surface area contributed by atoms with Crippen LogP contribution in [0, 0.1) is 5.92 Å². The maximum absolute atomic E-state index is 3.61. The summed E-state index contributed by atoms with van der Waals surface area (Å²) in [4.78, 5) is 2.64. The monoisotopic (exact) mass is 246 g/mol. The maximum atomic E-state index is 3.61. The summed E-state index contributed by atoms with van der Waals surface area (Å²) in [5.74, 6) is 0.721. The first kappa shape index (κ1) is 13.6. The van der Waals surface area contributed by atoms with Gasteiger partial charge in [-0.1, -0.05) is 37.3 Å². The molecular formula is C16H26N2. The third kappa shape index (κ3) is 3.56. The smallest absolute Gasteiger partial charge is 0.0320 e. The molecule has 1 aromatic carbocycles. The standard InChI is InChI=1S/C16H26N2/c1-13-11-17-14(2)9-10-18(12-13)15(3)16-7-5-4-6-8-16/h4-8,13-15,17H,9-12H2,1-3H3. The Hall–Kier alpha value is -0.860. The zero-order valence-corrected chi connectivity index (χ0v) is 11.9. The van der Waals surface area contributed by atoms with Gasteiger partial charge in [-0.15, -0.1) is 0 Å². The molecule has 1 aliphatic heterocycles. The summed E-state index contributed by atoms with van der Waals surface area (Å²) in [5.41, 5.74) is 1.44. The Balaban J connectivity index is 2.05. The van der Waals surface area contributed by atoms with Crippen LogP contribution in [0.15, 0.2) is 30.3 Å². The van der Waals surface area contributed by atoms with Crippen molar-refractivity contribution >= 4 is 0 Å². The van der Waals surface area contributed by atoms with Gasteiger partial charge in [0.1, 0.15) is 0 Å². The van der Waals surface area contributed by atoms with E-state index in [1.165, 1.54) is 25.1 Å². The van der Waals surface area contributed by atoms with Gasteiger partial charge in [-0.2, -0.15) is 0 Å². The normalized spacial score (nSPS) is 28.4. The molecule has 0 bridgehead atoms. The van der Waals surface area contributed by atoms with E-state index in [1.807, 2.05) is 0 Å². The van der Waals surface area contributed by atoms with Gasteiger partial charge >= 0.3 is 0 Å². The zero-order chi connectivity index (χ0) is 13.0. The summed E-state index contributed by atoms with van der Waals surface area (Å²) in [6.45, 7) is 10.5. The molecule has 2 rings (SSSR count). The Kier molecular flexibility index (Phi) is 4.79. The summed E-state index contributed by atoms with van der Waals surface area (Å²) in [5, 5.41) is 3.61. The molecule has 2 heteroatoms. The van der Waals surface area contributed by atoms with E-state index in [1.54, 1.807) is 0 Å². The fourth-order valence-electron chi connectivity index (χ4n) is 2.71. The molecule has 1 heterocycles. The van der Waals surface area contributed by atoms with Crippen molar-refractivity contribution in [1.29, 1.82) is 0 Å². The van der Waals surface area contributed by atoms with Crippen LogP contribution >= 0.6 is 0 Å². The summed E-state index contributed by atoms with van der Waals surface area (Å²) in [6.07, 6.45) is 1.24. The second kappa shape index (κ2) is 6.35. The highest BCUT2D eigenvalue weighted by Crippen LogP contribution is 2.22. The van der Waals surface area contributed by atoms with E-state index in [0.717, 1.165) is 12.5 Å². The Morgan fingerprint density at radius 2 is 1.94 bits per heavy atom. The lowest BCUT2D eigenvalue weighted by Crippen LogP contribution is -2.43. The van der Waals surface area contributed by atoms with E-state index >= 15 is 0 Å². The van der Waals surface area contributed by atoms with Crippen LogP contribution in [0.25, 0.3) is 0 Å². The molecule has 100 valence electrons. The van der Waals surface area contributed by atoms with Crippen LogP contribution in [0.5, 0.6) is 0 Å². The third-order valence-electron chi connectivity index (χ3n) is 4.04. The maximum Gasteiger partial charge on any atom is 0.0320 e. The molecule has 0 aliphatic carbocycles. The first-order chi connectivity index (χ1) is 8.66. The number of rotatable bonds is 2. The predicted octanol–water partition coefficient (Wildman–Crippen LogP) is 3.07. The van der Waals surface area contributed by atoms with Crippen molar-refractivity contribution in [1.82, 2.24) is 10.2 Å². The van der Waals surface area contributed by atoms with Crippen molar-refractivity contribution in [2.45, 2.75) is 39.3 Å². The van der Waals surface area contributed by atoms with Crippen molar-refractivity contribution in [2.75, 3.05) is 19.6 Å². The van der Waals surface area contributed by atoms with Gasteiger partial charge in [0, 0.05) is 25.2 Å². The molecule has 1 saturated heterocycles. The lowest BCUT2D eigenvalue weighted by molar-refractivity contribution is 0.156. The molecule has 0 saturated carbocycles.